The first-order chi connectivity index (χ1) is 12.9. The van der Waals surface area contributed by atoms with Crippen molar-refractivity contribution in [3.8, 4) is 0 Å². The van der Waals surface area contributed by atoms with Crippen LogP contribution < -0.4 is 15.5 Å². The van der Waals surface area contributed by atoms with Crippen LogP contribution in [-0.2, 0) is 16.0 Å². The van der Waals surface area contributed by atoms with Crippen LogP contribution in [0.25, 0.3) is 0 Å². The van der Waals surface area contributed by atoms with Gasteiger partial charge in [-0.15, -0.1) is 0 Å². The second-order valence-corrected chi connectivity index (χ2v) is 6.18. The zero-order valence-corrected chi connectivity index (χ0v) is 15.3. The molecule has 2 rings (SSSR count). The normalized spacial score (nSPS) is 10.1. The molecule has 0 aliphatic heterocycles. The number of anilines is 2. The Kier molecular flexibility index (Phi) is 6.87. The maximum atomic E-state index is 11.9. The highest BCUT2D eigenvalue weighted by Crippen LogP contribution is 2.17. The molecule has 2 amide bonds. The first-order valence-corrected chi connectivity index (χ1v) is 8.46. The van der Waals surface area contributed by atoms with Crippen LogP contribution in [0.5, 0.6) is 0 Å². The standard InChI is InChI=1S/C19H22N4O4/c1-22(2)16-10-8-14(9-11-16)5-4-12-20-18(24)19(25)21-15-6-3-7-17(13-15)23(26)27/h3,6-11,13H,4-5,12H2,1-2H3,(H,20,24)(H,21,25). The molecule has 2 aromatic rings. The molecule has 8 heteroatoms. The lowest BCUT2D eigenvalue weighted by Gasteiger charge is -2.12. The van der Waals surface area contributed by atoms with Gasteiger partial charge in [0.1, 0.15) is 0 Å². The van der Waals surface area contributed by atoms with E-state index in [-0.39, 0.29) is 11.4 Å². The second kappa shape index (κ2) is 9.33. The highest BCUT2D eigenvalue weighted by molar-refractivity contribution is 6.39. The molecular weight excluding hydrogens is 348 g/mol. The summed E-state index contributed by atoms with van der Waals surface area (Å²) in [5, 5.41) is 15.6. The predicted molar refractivity (Wildman–Crippen MR) is 104 cm³/mol. The third-order valence-corrected chi connectivity index (χ3v) is 3.90. The Bertz CT molecular complexity index is 819. The molecule has 142 valence electrons. The van der Waals surface area contributed by atoms with E-state index in [4.69, 9.17) is 0 Å². The van der Waals surface area contributed by atoms with Gasteiger partial charge in [-0.2, -0.15) is 0 Å². The van der Waals surface area contributed by atoms with Crippen molar-refractivity contribution in [1.82, 2.24) is 5.32 Å². The van der Waals surface area contributed by atoms with E-state index >= 15 is 0 Å². The number of carbonyl (C=O) groups is 2. The van der Waals surface area contributed by atoms with E-state index in [9.17, 15) is 19.7 Å². The molecule has 2 aromatic carbocycles. The summed E-state index contributed by atoms with van der Waals surface area (Å²) in [6, 6.07) is 13.5. The van der Waals surface area contributed by atoms with E-state index in [2.05, 4.69) is 10.6 Å². The molecule has 8 nitrogen and oxygen atoms in total. The molecule has 0 bridgehead atoms. The molecule has 0 aromatic heterocycles. The summed E-state index contributed by atoms with van der Waals surface area (Å²) in [6.45, 7) is 0.358. The van der Waals surface area contributed by atoms with Gasteiger partial charge >= 0.3 is 11.8 Å². The molecule has 2 N–H and O–H groups in total. The lowest BCUT2D eigenvalue weighted by atomic mass is 10.1. The number of hydrogen-bond donors (Lipinski definition) is 2. The van der Waals surface area contributed by atoms with Crippen molar-refractivity contribution in [3.05, 3.63) is 64.2 Å². The maximum absolute atomic E-state index is 11.9. The number of hydrogen-bond acceptors (Lipinski definition) is 5. The van der Waals surface area contributed by atoms with E-state index in [1.807, 2.05) is 43.3 Å². The highest BCUT2D eigenvalue weighted by Gasteiger charge is 2.14. The number of carbonyl (C=O) groups excluding carboxylic acids is 2. The molecule has 0 spiro atoms. The largest absolute Gasteiger partial charge is 0.378 e. The van der Waals surface area contributed by atoms with Crippen LogP contribution in [-0.4, -0.2) is 37.4 Å². The van der Waals surface area contributed by atoms with Crippen LogP contribution in [0.3, 0.4) is 0 Å². The molecule has 0 aliphatic carbocycles. The van der Waals surface area contributed by atoms with Crippen LogP contribution in [0.1, 0.15) is 12.0 Å². The molecule has 27 heavy (non-hydrogen) atoms. The number of non-ortho nitro benzene ring substituents is 1. The van der Waals surface area contributed by atoms with Crippen LogP contribution >= 0.6 is 0 Å². The van der Waals surface area contributed by atoms with Crippen molar-refractivity contribution < 1.29 is 14.5 Å². The molecule has 0 heterocycles. The third kappa shape index (κ3) is 6.10. The monoisotopic (exact) mass is 370 g/mol. The van der Waals surface area contributed by atoms with Gasteiger partial charge in [-0.05, 0) is 36.6 Å². The Hall–Kier alpha value is -3.42. The lowest BCUT2D eigenvalue weighted by Crippen LogP contribution is -2.36. The maximum Gasteiger partial charge on any atom is 0.313 e. The number of nitro groups is 1. The van der Waals surface area contributed by atoms with Gasteiger partial charge < -0.3 is 15.5 Å². The number of benzene rings is 2. The summed E-state index contributed by atoms with van der Waals surface area (Å²) < 4.78 is 0. The second-order valence-electron chi connectivity index (χ2n) is 6.18. The predicted octanol–water partition coefficient (Wildman–Crippen LogP) is 2.35. The highest BCUT2D eigenvalue weighted by atomic mass is 16.6. The van der Waals surface area contributed by atoms with Gasteiger partial charge in [-0.3, -0.25) is 19.7 Å². The Labute approximate surface area is 157 Å². The molecule has 0 aliphatic rings. The fraction of sp³-hybridized carbons (Fsp3) is 0.263. The Morgan fingerprint density at radius 2 is 1.78 bits per heavy atom. The summed E-state index contributed by atoms with van der Waals surface area (Å²) in [4.78, 5) is 35.9. The number of nitrogens with one attached hydrogen (secondary N) is 2. The molecule has 0 radical (unpaired) electrons. The van der Waals surface area contributed by atoms with Gasteiger partial charge in [-0.1, -0.05) is 18.2 Å². The van der Waals surface area contributed by atoms with Crippen LogP contribution in [0, 0.1) is 10.1 Å². The van der Waals surface area contributed by atoms with Crippen molar-refractivity contribution in [2.45, 2.75) is 12.8 Å². The lowest BCUT2D eigenvalue weighted by molar-refractivity contribution is -0.384. The van der Waals surface area contributed by atoms with Gasteiger partial charge in [0, 0.05) is 44.1 Å². The summed E-state index contributed by atoms with van der Waals surface area (Å²) in [5.74, 6) is -1.63. The van der Waals surface area contributed by atoms with Crippen LogP contribution in [0.15, 0.2) is 48.5 Å². The summed E-state index contributed by atoms with van der Waals surface area (Å²) >= 11 is 0. The van der Waals surface area contributed by atoms with Crippen LogP contribution in [0.2, 0.25) is 0 Å². The van der Waals surface area contributed by atoms with Gasteiger partial charge in [0.05, 0.1) is 4.92 Å². The number of amides is 2. The SMILES string of the molecule is CN(C)c1ccc(CCCNC(=O)C(=O)Nc2cccc([N+](=O)[O-])c2)cc1. The van der Waals surface area contributed by atoms with Gasteiger partial charge in [0.2, 0.25) is 0 Å². The Balaban J connectivity index is 1.75. The van der Waals surface area contributed by atoms with Gasteiger partial charge in [0.25, 0.3) is 5.69 Å². The minimum atomic E-state index is -0.856. The minimum absolute atomic E-state index is 0.159. The van der Waals surface area contributed by atoms with Gasteiger partial charge in [0.15, 0.2) is 0 Å². The zero-order chi connectivity index (χ0) is 19.8. The van der Waals surface area contributed by atoms with E-state index < -0.39 is 16.7 Å². The Morgan fingerprint density at radius 3 is 2.41 bits per heavy atom. The van der Waals surface area contributed by atoms with E-state index in [1.165, 1.54) is 24.3 Å². The zero-order valence-electron chi connectivity index (χ0n) is 15.3. The molecule has 0 saturated heterocycles. The minimum Gasteiger partial charge on any atom is -0.378 e. The third-order valence-electron chi connectivity index (χ3n) is 3.90. The summed E-state index contributed by atoms with van der Waals surface area (Å²) in [6.07, 6.45) is 1.47. The average molecular weight is 370 g/mol. The van der Waals surface area contributed by atoms with E-state index in [0.29, 0.717) is 13.0 Å². The summed E-state index contributed by atoms with van der Waals surface area (Å²) in [5.41, 5.74) is 2.31. The number of nitro benzene ring substituents is 1. The van der Waals surface area contributed by atoms with Crippen molar-refractivity contribution in [2.24, 2.45) is 0 Å². The molecule has 0 unspecified atom stereocenters. The van der Waals surface area contributed by atoms with Gasteiger partial charge in [-0.25, -0.2) is 0 Å². The molecular formula is C19H22N4O4. The number of aryl methyl sites for hydroxylation is 1. The van der Waals surface area contributed by atoms with Crippen molar-refractivity contribution in [2.75, 3.05) is 30.9 Å². The smallest absolute Gasteiger partial charge is 0.313 e. The summed E-state index contributed by atoms with van der Waals surface area (Å²) in [7, 11) is 3.95. The molecule has 0 fully saturated rings. The van der Waals surface area contributed by atoms with E-state index in [0.717, 1.165) is 17.7 Å². The van der Waals surface area contributed by atoms with Crippen LogP contribution in [0.4, 0.5) is 17.1 Å². The average Bonchev–Trinajstić information content (AvgIpc) is 2.65. The fourth-order valence-electron chi connectivity index (χ4n) is 2.42. The molecule has 0 atom stereocenters. The van der Waals surface area contributed by atoms with Crippen molar-refractivity contribution >= 4 is 28.9 Å². The van der Waals surface area contributed by atoms with Crippen molar-refractivity contribution in [3.63, 3.8) is 0 Å². The van der Waals surface area contributed by atoms with E-state index in [1.54, 1.807) is 0 Å². The van der Waals surface area contributed by atoms with Crippen molar-refractivity contribution in [1.29, 1.82) is 0 Å². The first kappa shape index (κ1) is 19.9. The molecule has 0 saturated carbocycles. The fourth-order valence-corrected chi connectivity index (χ4v) is 2.42. The number of rotatable bonds is 7. The topological polar surface area (TPSA) is 105 Å². The quantitative estimate of drug-likeness (QED) is 0.337. The first-order valence-electron chi connectivity index (χ1n) is 8.46. The number of nitrogens with zero attached hydrogens (tertiary/aromatic N) is 2. The Morgan fingerprint density at radius 1 is 1.07 bits per heavy atom.